The van der Waals surface area contributed by atoms with Gasteiger partial charge in [0.1, 0.15) is 5.82 Å². The van der Waals surface area contributed by atoms with Crippen LogP contribution in [0.2, 0.25) is 0 Å². The van der Waals surface area contributed by atoms with Crippen LogP contribution in [-0.4, -0.2) is 55.2 Å². The topological polar surface area (TPSA) is 74.8 Å². The van der Waals surface area contributed by atoms with Gasteiger partial charge in [-0.3, -0.25) is 4.79 Å². The number of likely N-dealkylation sites (tertiary alicyclic amines) is 1. The minimum atomic E-state index is -0.692. The van der Waals surface area contributed by atoms with E-state index in [9.17, 15) is 9.59 Å². The Kier molecular flexibility index (Phi) is 6.39. The van der Waals surface area contributed by atoms with E-state index >= 15 is 0 Å². The number of piperidine rings is 1. The van der Waals surface area contributed by atoms with E-state index in [0.717, 1.165) is 30.0 Å². The fourth-order valence-corrected chi connectivity index (χ4v) is 4.63. The van der Waals surface area contributed by atoms with Crippen LogP contribution in [0, 0.1) is 0 Å². The smallest absolute Gasteiger partial charge is 0.317 e. The summed E-state index contributed by atoms with van der Waals surface area (Å²) < 4.78 is 5.13. The molecule has 7 nitrogen and oxygen atoms in total. The predicted octanol–water partition coefficient (Wildman–Crippen LogP) is 3.10. The summed E-state index contributed by atoms with van der Waals surface area (Å²) >= 11 is 0. The van der Waals surface area contributed by atoms with Gasteiger partial charge in [-0.05, 0) is 48.9 Å². The Morgan fingerprint density at radius 3 is 2.45 bits per heavy atom. The zero-order chi connectivity index (χ0) is 21.7. The van der Waals surface area contributed by atoms with E-state index in [-0.39, 0.29) is 12.0 Å². The lowest BCUT2D eigenvalue weighted by atomic mass is 9.73. The summed E-state index contributed by atoms with van der Waals surface area (Å²) in [6.45, 7) is 3.55. The second-order valence-corrected chi connectivity index (χ2v) is 8.30. The molecule has 2 aliphatic rings. The van der Waals surface area contributed by atoms with Crippen LogP contribution in [0.4, 0.5) is 10.6 Å². The summed E-state index contributed by atoms with van der Waals surface area (Å²) in [5.74, 6) is 0.748. The molecule has 2 amide bonds. The monoisotopic (exact) mass is 422 g/mol. The van der Waals surface area contributed by atoms with Crippen molar-refractivity contribution in [3.63, 3.8) is 0 Å². The number of anilines is 1. The number of ether oxygens (including phenoxy) is 1. The molecule has 7 heteroatoms. The zero-order valence-electron chi connectivity index (χ0n) is 18.0. The molecule has 0 spiro atoms. The van der Waals surface area contributed by atoms with Crippen molar-refractivity contribution in [2.24, 2.45) is 0 Å². The van der Waals surface area contributed by atoms with Crippen LogP contribution in [0.15, 0.2) is 48.7 Å². The Morgan fingerprint density at radius 2 is 1.77 bits per heavy atom. The van der Waals surface area contributed by atoms with E-state index in [1.807, 2.05) is 36.4 Å². The van der Waals surface area contributed by atoms with E-state index < -0.39 is 5.41 Å². The minimum Gasteiger partial charge on any atom is -0.468 e. The highest BCUT2D eigenvalue weighted by atomic mass is 16.5. The summed E-state index contributed by atoms with van der Waals surface area (Å²) in [5.41, 5.74) is 1.30. The number of hydrogen-bond acceptors (Lipinski definition) is 5. The molecule has 0 radical (unpaired) electrons. The Bertz CT molecular complexity index is 904. The number of urea groups is 1. The molecule has 0 aliphatic carbocycles. The molecular formula is C24H30N4O3. The first kappa shape index (κ1) is 21.2. The quantitative estimate of drug-likeness (QED) is 0.750. The van der Waals surface area contributed by atoms with Crippen LogP contribution in [0.1, 0.15) is 36.8 Å². The van der Waals surface area contributed by atoms with Crippen molar-refractivity contribution < 1.29 is 14.3 Å². The molecule has 2 saturated heterocycles. The van der Waals surface area contributed by atoms with Crippen molar-refractivity contribution in [2.45, 2.75) is 37.6 Å². The van der Waals surface area contributed by atoms with Gasteiger partial charge in [-0.15, -0.1) is 0 Å². The number of carbonyl (C=O) groups is 2. The molecule has 0 unspecified atom stereocenters. The number of amides is 2. The first-order chi connectivity index (χ1) is 15.1. The first-order valence-electron chi connectivity index (χ1n) is 11.0. The highest BCUT2D eigenvalue weighted by molar-refractivity contribution is 5.84. The molecule has 164 valence electrons. The van der Waals surface area contributed by atoms with Gasteiger partial charge < -0.3 is 19.9 Å². The third kappa shape index (κ3) is 4.50. The number of rotatable bonds is 5. The van der Waals surface area contributed by atoms with Gasteiger partial charge in [-0.2, -0.15) is 0 Å². The lowest BCUT2D eigenvalue weighted by Crippen LogP contribution is -2.51. The van der Waals surface area contributed by atoms with E-state index in [4.69, 9.17) is 4.74 Å². The van der Waals surface area contributed by atoms with Crippen LogP contribution < -0.4 is 10.2 Å². The highest BCUT2D eigenvalue weighted by Gasteiger charge is 2.44. The molecule has 3 heterocycles. The number of carbonyl (C=O) groups excluding carboxylic acids is 2. The van der Waals surface area contributed by atoms with Gasteiger partial charge >= 0.3 is 12.0 Å². The van der Waals surface area contributed by atoms with Crippen LogP contribution in [0.5, 0.6) is 0 Å². The average molecular weight is 423 g/mol. The van der Waals surface area contributed by atoms with Gasteiger partial charge in [-0.25, -0.2) is 9.78 Å². The van der Waals surface area contributed by atoms with Crippen LogP contribution in [0.25, 0.3) is 0 Å². The Morgan fingerprint density at radius 1 is 1.06 bits per heavy atom. The standard InChI is InChI=1S/C24H30N4O3/c1-31-22(29)24(20-7-3-2-4-8-20)10-15-28(16-11-24)23(30)26-18-19-9-12-25-21(17-19)27-13-5-6-14-27/h2-4,7-9,12,17H,5-6,10-11,13-16,18H2,1H3,(H,26,30). The van der Waals surface area contributed by atoms with Crippen LogP contribution >= 0.6 is 0 Å². The number of methoxy groups -OCH3 is 1. The normalized spacial score (nSPS) is 18.0. The summed E-state index contributed by atoms with van der Waals surface area (Å²) in [4.78, 5) is 34.0. The van der Waals surface area contributed by atoms with Crippen LogP contribution in [-0.2, 0) is 21.5 Å². The van der Waals surface area contributed by atoms with E-state index in [2.05, 4.69) is 21.3 Å². The number of hydrogen-bond donors (Lipinski definition) is 1. The first-order valence-corrected chi connectivity index (χ1v) is 11.0. The van der Waals surface area contributed by atoms with Crippen molar-refractivity contribution in [1.29, 1.82) is 0 Å². The molecule has 0 bridgehead atoms. The van der Waals surface area contributed by atoms with Crippen molar-refractivity contribution in [3.8, 4) is 0 Å². The second kappa shape index (κ2) is 9.37. The molecular weight excluding hydrogens is 392 g/mol. The predicted molar refractivity (Wildman–Crippen MR) is 119 cm³/mol. The van der Waals surface area contributed by atoms with Gasteiger partial charge in [0.15, 0.2) is 0 Å². The summed E-state index contributed by atoms with van der Waals surface area (Å²) in [6, 6.07) is 13.6. The van der Waals surface area contributed by atoms with E-state index in [1.54, 1.807) is 11.1 Å². The van der Waals surface area contributed by atoms with Gasteiger partial charge in [0.2, 0.25) is 0 Å². The Labute approximate surface area is 183 Å². The average Bonchev–Trinajstić information content (AvgIpc) is 3.38. The summed E-state index contributed by atoms with van der Waals surface area (Å²) in [6.07, 6.45) is 5.30. The third-order valence-corrected chi connectivity index (χ3v) is 6.49. The van der Waals surface area contributed by atoms with Gasteiger partial charge in [0.25, 0.3) is 0 Å². The maximum Gasteiger partial charge on any atom is 0.317 e. The molecule has 0 atom stereocenters. The lowest BCUT2D eigenvalue weighted by molar-refractivity contribution is -0.149. The van der Waals surface area contributed by atoms with Crippen LogP contribution in [0.3, 0.4) is 0 Å². The molecule has 4 rings (SSSR count). The third-order valence-electron chi connectivity index (χ3n) is 6.49. The van der Waals surface area contributed by atoms with Crippen molar-refractivity contribution in [3.05, 3.63) is 59.8 Å². The van der Waals surface area contributed by atoms with Crippen molar-refractivity contribution in [1.82, 2.24) is 15.2 Å². The number of esters is 1. The fourth-order valence-electron chi connectivity index (χ4n) is 4.63. The maximum atomic E-state index is 12.8. The van der Waals surface area contributed by atoms with E-state index in [0.29, 0.717) is 32.5 Å². The number of nitrogens with one attached hydrogen (secondary N) is 1. The fraction of sp³-hybridized carbons (Fsp3) is 0.458. The lowest BCUT2D eigenvalue weighted by Gasteiger charge is -2.40. The Balaban J connectivity index is 1.36. The second-order valence-electron chi connectivity index (χ2n) is 8.30. The molecule has 1 N–H and O–H groups in total. The molecule has 2 aliphatic heterocycles. The number of pyridine rings is 1. The summed E-state index contributed by atoms with van der Waals surface area (Å²) in [5, 5.41) is 3.02. The number of benzene rings is 1. The number of nitrogens with zero attached hydrogens (tertiary/aromatic N) is 3. The Hall–Kier alpha value is -3.09. The maximum absolute atomic E-state index is 12.8. The molecule has 31 heavy (non-hydrogen) atoms. The molecule has 1 aromatic heterocycles. The molecule has 2 fully saturated rings. The van der Waals surface area contributed by atoms with E-state index in [1.165, 1.54) is 20.0 Å². The summed E-state index contributed by atoms with van der Waals surface area (Å²) in [7, 11) is 1.43. The van der Waals surface area contributed by atoms with Gasteiger partial charge in [0.05, 0.1) is 12.5 Å². The largest absolute Gasteiger partial charge is 0.468 e. The van der Waals surface area contributed by atoms with Crippen molar-refractivity contribution >= 4 is 17.8 Å². The molecule has 0 saturated carbocycles. The molecule has 1 aromatic carbocycles. The minimum absolute atomic E-state index is 0.105. The highest BCUT2D eigenvalue weighted by Crippen LogP contribution is 2.36. The molecule has 2 aromatic rings. The number of aromatic nitrogens is 1. The SMILES string of the molecule is COC(=O)C1(c2ccccc2)CCN(C(=O)NCc2ccnc(N3CCCC3)c2)CC1. The van der Waals surface area contributed by atoms with Crippen molar-refractivity contribution in [2.75, 3.05) is 38.2 Å². The van der Waals surface area contributed by atoms with Gasteiger partial charge in [-0.1, -0.05) is 30.3 Å². The zero-order valence-corrected chi connectivity index (χ0v) is 18.0. The van der Waals surface area contributed by atoms with Gasteiger partial charge in [0, 0.05) is 38.9 Å².